The van der Waals surface area contributed by atoms with E-state index in [9.17, 15) is 5.11 Å². The zero-order chi connectivity index (χ0) is 17.6. The maximum atomic E-state index is 13.2. The Balaban J connectivity index is 0.00000131. The summed E-state index contributed by atoms with van der Waals surface area (Å²) < 4.78 is 0. The molecule has 0 bridgehead atoms. The summed E-state index contributed by atoms with van der Waals surface area (Å²) in [6.45, 7) is 1.59. The monoisotopic (exact) mass is 344 g/mol. The van der Waals surface area contributed by atoms with Gasteiger partial charge in [-0.1, -0.05) is 64.2 Å². The number of benzene rings is 4. The van der Waals surface area contributed by atoms with Gasteiger partial charge >= 0.3 is 37.7 Å². The second-order valence-electron chi connectivity index (χ2n) is 7.05. The first-order valence-corrected chi connectivity index (χ1v) is 8.66. The molecule has 0 saturated carbocycles. The molecular weight excluding hydrogens is 322 g/mol. The second-order valence-corrected chi connectivity index (χ2v) is 7.05. The predicted molar refractivity (Wildman–Crippen MR) is 103 cm³/mol. The zero-order valence-corrected chi connectivity index (χ0v) is 16.9. The number of hydrogen-bond donors (Lipinski definition) is 0. The topological polar surface area (TPSA) is 29.5 Å². The van der Waals surface area contributed by atoms with E-state index in [1.165, 1.54) is 21.5 Å². The average Bonchev–Trinajstić information content (AvgIpc) is 2.63. The van der Waals surface area contributed by atoms with Crippen LogP contribution in [0.3, 0.4) is 0 Å². The fraction of sp³-hybridized carbons (Fsp3) is 0.273. The van der Waals surface area contributed by atoms with E-state index in [1.54, 1.807) is 0 Å². The molecule has 5 heteroatoms. The molecule has 27 heavy (non-hydrogen) atoms. The molecule has 0 saturated heterocycles. The normalized spacial score (nSPS) is 12.7. The van der Waals surface area contributed by atoms with Crippen molar-refractivity contribution in [2.24, 2.45) is 0 Å². The third-order valence-electron chi connectivity index (χ3n) is 4.99. The average molecular weight is 344 g/mol. The van der Waals surface area contributed by atoms with Gasteiger partial charge < -0.3 is 14.9 Å². The molecule has 3 nitrogen and oxygen atoms in total. The Morgan fingerprint density at radius 2 is 1.48 bits per heavy atom. The van der Waals surface area contributed by atoms with Crippen molar-refractivity contribution in [3.8, 4) is 0 Å². The van der Waals surface area contributed by atoms with Crippen molar-refractivity contribution >= 4 is 32.3 Å². The van der Waals surface area contributed by atoms with Crippen molar-refractivity contribution in [2.45, 2.75) is 6.23 Å². The van der Waals surface area contributed by atoms with E-state index in [2.05, 4.69) is 47.4 Å². The van der Waals surface area contributed by atoms with Crippen LogP contribution in [0.1, 0.15) is 11.8 Å². The quantitative estimate of drug-likeness (QED) is 0.170. The summed E-state index contributed by atoms with van der Waals surface area (Å²) in [6.07, 6.45) is -0.922. The molecule has 0 spiro atoms. The number of hydrogen-bond acceptors (Lipinski definition) is 3. The number of rotatable bonds is 5. The van der Waals surface area contributed by atoms with E-state index in [-0.39, 0.29) is 37.7 Å². The van der Waals surface area contributed by atoms with Gasteiger partial charge in [-0.2, -0.15) is 0 Å². The molecule has 4 aromatic rings. The van der Waals surface area contributed by atoms with Crippen LogP contribution in [0.4, 0.5) is 0 Å². The van der Waals surface area contributed by atoms with Crippen LogP contribution in [-0.4, -0.2) is 44.0 Å². The van der Waals surface area contributed by atoms with Crippen LogP contribution < -0.4 is 42.8 Å². The van der Waals surface area contributed by atoms with Gasteiger partial charge in [-0.25, -0.2) is 0 Å². The molecule has 0 aliphatic rings. The van der Waals surface area contributed by atoms with Crippen LogP contribution in [0.5, 0.6) is 0 Å². The molecule has 1 unspecified atom stereocenters. The minimum atomic E-state index is -0.922. The van der Waals surface area contributed by atoms with E-state index in [0.29, 0.717) is 0 Å². The fourth-order valence-electron chi connectivity index (χ4n) is 3.59. The van der Waals surface area contributed by atoms with Gasteiger partial charge in [-0.05, 0) is 26.5 Å². The Kier molecular flexibility index (Phi) is 7.43. The molecule has 4 aromatic carbocycles. The fourth-order valence-corrected chi connectivity index (χ4v) is 3.59. The number of nitrogens with zero attached hydrogens (tertiary/aromatic N) is 2. The molecule has 0 heterocycles. The summed E-state index contributed by atoms with van der Waals surface area (Å²) in [5.41, 5.74) is 0.748. The number of likely N-dealkylation sites (N-methyl/N-ethyl adjacent to an activating group) is 2. The molecule has 128 valence electrons. The largest absolute Gasteiger partial charge is 1.00 e. The Morgan fingerprint density at radius 1 is 0.852 bits per heavy atom. The molecule has 0 amide bonds. The Hall–Kier alpha value is -1.01. The van der Waals surface area contributed by atoms with Gasteiger partial charge in [0, 0.05) is 13.1 Å². The molecule has 0 fully saturated rings. The Bertz CT molecular complexity index is 1030. The Labute approximate surface area is 185 Å². The van der Waals surface area contributed by atoms with E-state index in [4.69, 9.17) is 0 Å². The van der Waals surface area contributed by atoms with Crippen molar-refractivity contribution in [1.82, 2.24) is 9.80 Å². The van der Waals surface area contributed by atoms with Crippen LogP contribution in [0.15, 0.2) is 48.5 Å². The standard InChI is InChI=1S/C22H22N2O.2Li/c1-23(2)12-13-24(3)22(25)19-14-17-8-4-6-15-10-11-16-7-5-9-18(19)21(16)20(15)17;;/h4-11,22H,12-13H2,1-3H3;;/q-2;2*+1. The van der Waals surface area contributed by atoms with Crippen LogP contribution in [0, 0.1) is 6.07 Å². The second kappa shape index (κ2) is 9.00. The summed E-state index contributed by atoms with van der Waals surface area (Å²) in [7, 11) is 5.95. The summed E-state index contributed by atoms with van der Waals surface area (Å²) in [5, 5.41) is 20.0. The third kappa shape index (κ3) is 4.07. The maximum Gasteiger partial charge on any atom is 1.00 e. The van der Waals surface area contributed by atoms with Crippen LogP contribution in [0.2, 0.25) is 0 Å². The summed E-state index contributed by atoms with van der Waals surface area (Å²) in [5.74, 6) is 0. The van der Waals surface area contributed by atoms with Crippen LogP contribution in [0.25, 0.3) is 32.3 Å². The van der Waals surface area contributed by atoms with Gasteiger partial charge in [-0.15, -0.1) is 29.1 Å². The molecule has 0 aliphatic heterocycles. The van der Waals surface area contributed by atoms with Crippen molar-refractivity contribution < 1.29 is 42.8 Å². The smallest absolute Gasteiger partial charge is 0.838 e. The zero-order valence-electron chi connectivity index (χ0n) is 16.9. The molecule has 0 aromatic heterocycles. The van der Waals surface area contributed by atoms with Gasteiger partial charge in [0.25, 0.3) is 0 Å². The van der Waals surface area contributed by atoms with Gasteiger partial charge in [0.05, 0.1) is 0 Å². The minimum absolute atomic E-state index is 0. The first kappa shape index (κ1) is 22.3. The molecule has 1 atom stereocenters. The maximum absolute atomic E-state index is 13.2. The van der Waals surface area contributed by atoms with Crippen molar-refractivity contribution in [1.29, 1.82) is 0 Å². The summed E-state index contributed by atoms with van der Waals surface area (Å²) >= 11 is 0. The van der Waals surface area contributed by atoms with Gasteiger partial charge in [0.1, 0.15) is 0 Å². The molecular formula is C22H22Li2N2O. The molecule has 0 radical (unpaired) electrons. The SMILES string of the molecule is CN(C)CCN(C)C([O-])c1[c-]c2cccc3ccc4cccc1c4c23.[Li+].[Li+]. The predicted octanol–water partition coefficient (Wildman–Crippen LogP) is -2.76. The van der Waals surface area contributed by atoms with Gasteiger partial charge in [0.2, 0.25) is 0 Å². The molecule has 0 N–H and O–H groups in total. The summed E-state index contributed by atoms with van der Waals surface area (Å²) in [4.78, 5) is 3.97. The van der Waals surface area contributed by atoms with Crippen molar-refractivity contribution in [3.63, 3.8) is 0 Å². The van der Waals surface area contributed by atoms with Crippen LogP contribution in [-0.2, 0) is 0 Å². The molecule has 4 rings (SSSR count). The van der Waals surface area contributed by atoms with E-state index in [1.807, 2.05) is 38.2 Å². The van der Waals surface area contributed by atoms with Crippen molar-refractivity contribution in [3.05, 3.63) is 60.2 Å². The summed E-state index contributed by atoms with van der Waals surface area (Å²) in [6, 6.07) is 20.2. The van der Waals surface area contributed by atoms with E-state index < -0.39 is 6.23 Å². The Morgan fingerprint density at radius 3 is 2.15 bits per heavy atom. The van der Waals surface area contributed by atoms with Gasteiger partial charge in [-0.3, -0.25) is 0 Å². The van der Waals surface area contributed by atoms with E-state index in [0.717, 1.165) is 29.4 Å². The third-order valence-corrected chi connectivity index (χ3v) is 4.99. The van der Waals surface area contributed by atoms with Gasteiger partial charge in [0.15, 0.2) is 0 Å². The van der Waals surface area contributed by atoms with E-state index >= 15 is 0 Å². The molecule has 0 aliphatic carbocycles. The minimum Gasteiger partial charge on any atom is -0.838 e. The van der Waals surface area contributed by atoms with Crippen molar-refractivity contribution in [2.75, 3.05) is 34.2 Å². The first-order chi connectivity index (χ1) is 12.1. The van der Waals surface area contributed by atoms with Crippen LogP contribution >= 0.6 is 0 Å². The first-order valence-electron chi connectivity index (χ1n) is 8.66.